The van der Waals surface area contributed by atoms with Gasteiger partial charge in [0.1, 0.15) is 5.75 Å². The third-order valence-electron chi connectivity index (χ3n) is 5.32. The van der Waals surface area contributed by atoms with Gasteiger partial charge in [-0.25, -0.2) is 0 Å². The molecule has 2 aromatic rings. The van der Waals surface area contributed by atoms with Gasteiger partial charge in [0.25, 0.3) is 11.8 Å². The standard InChI is InChI=1S/C24H28N2O3/c1-26(23(27)17-14-18-12-15-20(29-2)16-13-18)22-11-7-6-10-21(22)24(28)25-19-8-4-3-5-9-19/h6-7,10-17,19H,3-5,8-9H2,1-2H3,(H,25,28)/b17-14+. The minimum absolute atomic E-state index is 0.119. The van der Waals surface area contributed by atoms with Gasteiger partial charge in [-0.05, 0) is 48.7 Å². The molecule has 1 aliphatic carbocycles. The molecule has 5 nitrogen and oxygen atoms in total. The molecule has 0 spiro atoms. The second-order valence-electron chi connectivity index (χ2n) is 7.33. The zero-order chi connectivity index (χ0) is 20.6. The Morgan fingerprint density at radius 3 is 2.41 bits per heavy atom. The van der Waals surface area contributed by atoms with E-state index in [0.29, 0.717) is 11.3 Å². The number of methoxy groups -OCH3 is 1. The first-order valence-electron chi connectivity index (χ1n) is 10.1. The summed E-state index contributed by atoms with van der Waals surface area (Å²) in [6.45, 7) is 0. The van der Waals surface area contributed by atoms with Crippen molar-refractivity contribution >= 4 is 23.6 Å². The first-order chi connectivity index (χ1) is 14.1. The van der Waals surface area contributed by atoms with Gasteiger partial charge in [-0.3, -0.25) is 9.59 Å². The molecule has 3 rings (SSSR count). The largest absolute Gasteiger partial charge is 0.497 e. The van der Waals surface area contributed by atoms with Crippen molar-refractivity contribution in [1.29, 1.82) is 0 Å². The van der Waals surface area contributed by atoms with Crippen molar-refractivity contribution in [3.8, 4) is 5.75 Å². The monoisotopic (exact) mass is 392 g/mol. The minimum Gasteiger partial charge on any atom is -0.497 e. The number of nitrogens with zero attached hydrogens (tertiary/aromatic N) is 1. The molecule has 0 aliphatic heterocycles. The average Bonchev–Trinajstić information content (AvgIpc) is 2.78. The van der Waals surface area contributed by atoms with Crippen LogP contribution < -0.4 is 15.0 Å². The van der Waals surface area contributed by atoms with Gasteiger partial charge in [-0.15, -0.1) is 0 Å². The maximum Gasteiger partial charge on any atom is 0.253 e. The van der Waals surface area contributed by atoms with Crippen molar-refractivity contribution in [3.05, 3.63) is 65.7 Å². The minimum atomic E-state index is -0.196. The van der Waals surface area contributed by atoms with E-state index in [1.807, 2.05) is 36.4 Å². The molecular formula is C24H28N2O3. The molecule has 0 radical (unpaired) electrons. The number of carbonyl (C=O) groups is 2. The predicted molar refractivity (Wildman–Crippen MR) is 116 cm³/mol. The lowest BCUT2D eigenvalue weighted by molar-refractivity contribution is -0.113. The quantitative estimate of drug-likeness (QED) is 0.740. The Morgan fingerprint density at radius 2 is 1.72 bits per heavy atom. The fraction of sp³-hybridized carbons (Fsp3) is 0.333. The highest BCUT2D eigenvalue weighted by Gasteiger charge is 2.20. The van der Waals surface area contributed by atoms with Gasteiger partial charge in [-0.2, -0.15) is 0 Å². The molecule has 0 aromatic heterocycles. The van der Waals surface area contributed by atoms with E-state index in [2.05, 4.69) is 5.32 Å². The van der Waals surface area contributed by atoms with Crippen LogP contribution in [0.4, 0.5) is 5.69 Å². The Morgan fingerprint density at radius 1 is 1.03 bits per heavy atom. The fourth-order valence-corrected chi connectivity index (χ4v) is 3.58. The van der Waals surface area contributed by atoms with E-state index in [1.54, 1.807) is 32.4 Å². The van der Waals surface area contributed by atoms with Gasteiger partial charge >= 0.3 is 0 Å². The molecule has 2 aromatic carbocycles. The van der Waals surface area contributed by atoms with Gasteiger partial charge in [0.15, 0.2) is 0 Å². The number of likely N-dealkylation sites (N-methyl/N-ethyl adjacent to an activating group) is 1. The first-order valence-corrected chi connectivity index (χ1v) is 10.1. The molecule has 0 saturated heterocycles. The summed E-state index contributed by atoms with van der Waals surface area (Å²) in [6.07, 6.45) is 8.85. The molecule has 152 valence electrons. The van der Waals surface area contributed by atoms with Crippen LogP contribution in [0.1, 0.15) is 48.0 Å². The van der Waals surface area contributed by atoms with E-state index >= 15 is 0 Å². The van der Waals surface area contributed by atoms with E-state index in [0.717, 1.165) is 37.0 Å². The lowest BCUT2D eigenvalue weighted by Gasteiger charge is -2.24. The fourth-order valence-electron chi connectivity index (χ4n) is 3.58. The summed E-state index contributed by atoms with van der Waals surface area (Å²) in [6, 6.07) is 14.9. The van der Waals surface area contributed by atoms with E-state index in [9.17, 15) is 9.59 Å². The number of anilines is 1. The number of hydrogen-bond donors (Lipinski definition) is 1. The maximum absolute atomic E-state index is 12.8. The molecule has 1 N–H and O–H groups in total. The van der Waals surface area contributed by atoms with Crippen molar-refractivity contribution in [2.75, 3.05) is 19.1 Å². The zero-order valence-corrected chi connectivity index (χ0v) is 17.1. The van der Waals surface area contributed by atoms with E-state index < -0.39 is 0 Å². The number of benzene rings is 2. The normalized spacial score (nSPS) is 14.6. The van der Waals surface area contributed by atoms with Crippen molar-refractivity contribution < 1.29 is 14.3 Å². The van der Waals surface area contributed by atoms with E-state index in [1.165, 1.54) is 17.4 Å². The van der Waals surface area contributed by atoms with Crippen LogP contribution in [-0.2, 0) is 4.79 Å². The smallest absolute Gasteiger partial charge is 0.253 e. The Labute approximate surface area is 172 Å². The van der Waals surface area contributed by atoms with Crippen molar-refractivity contribution in [1.82, 2.24) is 5.32 Å². The van der Waals surface area contributed by atoms with Crippen molar-refractivity contribution in [3.63, 3.8) is 0 Å². The summed E-state index contributed by atoms with van der Waals surface area (Å²) in [7, 11) is 3.30. The van der Waals surface area contributed by atoms with Crippen molar-refractivity contribution in [2.24, 2.45) is 0 Å². The summed E-state index contributed by atoms with van der Waals surface area (Å²) in [4.78, 5) is 27.0. The molecule has 0 heterocycles. The third kappa shape index (κ3) is 5.47. The van der Waals surface area contributed by atoms with E-state index in [-0.39, 0.29) is 17.9 Å². The second kappa shape index (κ2) is 9.92. The van der Waals surface area contributed by atoms with Gasteiger partial charge in [0.05, 0.1) is 18.4 Å². The topological polar surface area (TPSA) is 58.6 Å². The average molecular weight is 392 g/mol. The number of hydrogen-bond acceptors (Lipinski definition) is 3. The third-order valence-corrected chi connectivity index (χ3v) is 5.32. The molecule has 0 bridgehead atoms. The van der Waals surface area contributed by atoms with Crippen LogP contribution in [0, 0.1) is 0 Å². The lowest BCUT2D eigenvalue weighted by Crippen LogP contribution is -2.37. The highest BCUT2D eigenvalue weighted by atomic mass is 16.5. The molecule has 0 atom stereocenters. The van der Waals surface area contributed by atoms with Crippen molar-refractivity contribution in [2.45, 2.75) is 38.1 Å². The molecule has 2 amide bonds. The van der Waals surface area contributed by atoms with Gasteiger partial charge in [0, 0.05) is 19.2 Å². The molecule has 1 aliphatic rings. The predicted octanol–water partition coefficient (Wildman–Crippen LogP) is 4.43. The highest BCUT2D eigenvalue weighted by Crippen LogP contribution is 2.22. The summed E-state index contributed by atoms with van der Waals surface area (Å²) in [5, 5.41) is 3.13. The number of amides is 2. The number of nitrogens with one attached hydrogen (secondary N) is 1. The molecule has 29 heavy (non-hydrogen) atoms. The van der Waals surface area contributed by atoms with Crippen LogP contribution in [0.15, 0.2) is 54.6 Å². The maximum atomic E-state index is 12.8. The summed E-state index contributed by atoms with van der Waals surface area (Å²) in [5.41, 5.74) is 2.02. The molecule has 5 heteroatoms. The van der Waals surface area contributed by atoms with Crippen LogP contribution in [-0.4, -0.2) is 32.0 Å². The number of rotatable bonds is 6. The summed E-state index contributed by atoms with van der Waals surface area (Å²) < 4.78 is 5.14. The number of carbonyl (C=O) groups excluding carboxylic acids is 2. The summed E-state index contributed by atoms with van der Waals surface area (Å²) >= 11 is 0. The molecule has 1 saturated carbocycles. The lowest BCUT2D eigenvalue weighted by atomic mass is 9.95. The van der Waals surface area contributed by atoms with Crippen LogP contribution in [0.5, 0.6) is 5.75 Å². The molecule has 1 fully saturated rings. The van der Waals surface area contributed by atoms with Crippen LogP contribution in [0.3, 0.4) is 0 Å². The Bertz CT molecular complexity index is 868. The van der Waals surface area contributed by atoms with Crippen LogP contribution >= 0.6 is 0 Å². The molecule has 0 unspecified atom stereocenters. The number of para-hydroxylation sites is 1. The zero-order valence-electron chi connectivity index (χ0n) is 17.1. The van der Waals surface area contributed by atoms with Gasteiger partial charge < -0.3 is 15.0 Å². The molecular weight excluding hydrogens is 364 g/mol. The second-order valence-corrected chi connectivity index (χ2v) is 7.33. The van der Waals surface area contributed by atoms with Gasteiger partial charge in [0.2, 0.25) is 0 Å². The number of ether oxygens (including phenoxy) is 1. The van der Waals surface area contributed by atoms with E-state index in [4.69, 9.17) is 4.74 Å². The van der Waals surface area contributed by atoms with Gasteiger partial charge in [-0.1, -0.05) is 43.5 Å². The first kappa shape index (κ1) is 20.6. The summed E-state index contributed by atoms with van der Waals surface area (Å²) in [5.74, 6) is 0.452. The van der Waals surface area contributed by atoms with Crippen LogP contribution in [0.2, 0.25) is 0 Å². The Kier molecular flexibility index (Phi) is 7.06. The SMILES string of the molecule is COc1ccc(/C=C/C(=O)N(C)c2ccccc2C(=O)NC2CCCCC2)cc1. The highest BCUT2D eigenvalue weighted by molar-refractivity contribution is 6.08. The Hall–Kier alpha value is -3.08. The Balaban J connectivity index is 1.70. The van der Waals surface area contributed by atoms with Crippen LogP contribution in [0.25, 0.3) is 6.08 Å².